The summed E-state index contributed by atoms with van der Waals surface area (Å²) in [4.78, 5) is 12.3. The van der Waals surface area contributed by atoms with Crippen molar-refractivity contribution in [2.45, 2.75) is 45.4 Å². The second-order valence-electron chi connectivity index (χ2n) is 7.33. The van der Waals surface area contributed by atoms with Crippen LogP contribution < -0.4 is 0 Å². The summed E-state index contributed by atoms with van der Waals surface area (Å²) in [6, 6.07) is 3.76. The Hall–Kier alpha value is -1.57. The standard InChI is InChI=1S/C19H22O2/c1-11-9-13(20)10-12-3-4-14-15(18(11)12)7-8-19(2)16(14)5-6-17(19)21/h3-4,9-10,14-16,20H,5-8H2,1-2H3/t14-,15+,16-,19+/m1/s1. The molecule has 0 heterocycles. The van der Waals surface area contributed by atoms with Crippen LogP contribution in [0, 0.1) is 24.2 Å². The molecule has 4 rings (SSSR count). The van der Waals surface area contributed by atoms with Gasteiger partial charge in [-0.1, -0.05) is 19.1 Å². The quantitative estimate of drug-likeness (QED) is 0.774. The zero-order valence-electron chi connectivity index (χ0n) is 12.7. The number of carbonyl (C=O) groups is 1. The highest BCUT2D eigenvalue weighted by Gasteiger charge is 2.53. The van der Waals surface area contributed by atoms with Crippen molar-refractivity contribution >= 4 is 11.9 Å². The molecule has 3 aliphatic carbocycles. The Morgan fingerprint density at radius 3 is 2.90 bits per heavy atom. The van der Waals surface area contributed by atoms with E-state index >= 15 is 0 Å². The largest absolute Gasteiger partial charge is 0.508 e. The van der Waals surface area contributed by atoms with E-state index in [1.807, 2.05) is 12.1 Å². The Morgan fingerprint density at radius 1 is 1.29 bits per heavy atom. The third kappa shape index (κ3) is 1.68. The molecule has 0 radical (unpaired) electrons. The van der Waals surface area contributed by atoms with Crippen molar-refractivity contribution < 1.29 is 9.90 Å². The van der Waals surface area contributed by atoms with Crippen LogP contribution in [0.5, 0.6) is 5.75 Å². The van der Waals surface area contributed by atoms with Gasteiger partial charge in [-0.3, -0.25) is 4.79 Å². The van der Waals surface area contributed by atoms with Gasteiger partial charge in [0.2, 0.25) is 0 Å². The minimum atomic E-state index is -0.0895. The molecular formula is C19H22O2. The van der Waals surface area contributed by atoms with Gasteiger partial charge in [0.1, 0.15) is 11.5 Å². The summed E-state index contributed by atoms with van der Waals surface area (Å²) in [6.07, 6.45) is 8.40. The number of fused-ring (bicyclic) bond motifs is 5. The number of phenols is 1. The predicted octanol–water partition coefficient (Wildman–Crippen LogP) is 4.21. The fourth-order valence-electron chi connectivity index (χ4n) is 5.24. The molecule has 1 aromatic rings. The first-order valence-electron chi connectivity index (χ1n) is 8.06. The zero-order valence-corrected chi connectivity index (χ0v) is 12.7. The van der Waals surface area contributed by atoms with E-state index < -0.39 is 0 Å². The molecule has 0 saturated heterocycles. The molecule has 4 atom stereocenters. The van der Waals surface area contributed by atoms with Gasteiger partial charge < -0.3 is 5.11 Å². The first-order chi connectivity index (χ1) is 10.0. The van der Waals surface area contributed by atoms with Crippen LogP contribution in [0.15, 0.2) is 18.2 Å². The Balaban J connectivity index is 1.80. The van der Waals surface area contributed by atoms with Crippen molar-refractivity contribution in [1.82, 2.24) is 0 Å². The fraction of sp³-hybridized carbons (Fsp3) is 0.526. The van der Waals surface area contributed by atoms with Gasteiger partial charge in [0.25, 0.3) is 0 Å². The number of hydrogen-bond donors (Lipinski definition) is 1. The number of ketones is 1. The molecule has 3 aliphatic rings. The number of allylic oxidation sites excluding steroid dienone is 1. The van der Waals surface area contributed by atoms with Crippen LogP contribution in [0.1, 0.15) is 55.2 Å². The molecule has 21 heavy (non-hydrogen) atoms. The lowest BCUT2D eigenvalue weighted by Gasteiger charge is -2.46. The molecule has 2 fully saturated rings. The number of aromatic hydroxyl groups is 1. The molecule has 2 heteroatoms. The Morgan fingerprint density at radius 2 is 2.10 bits per heavy atom. The summed E-state index contributed by atoms with van der Waals surface area (Å²) >= 11 is 0. The molecule has 0 amide bonds. The lowest BCUT2D eigenvalue weighted by atomic mass is 9.57. The Kier molecular flexibility index (Phi) is 2.64. The molecule has 0 unspecified atom stereocenters. The van der Waals surface area contributed by atoms with Crippen LogP contribution in [0.4, 0.5) is 0 Å². The molecule has 1 N–H and O–H groups in total. The van der Waals surface area contributed by atoms with Gasteiger partial charge >= 0.3 is 0 Å². The highest BCUT2D eigenvalue weighted by atomic mass is 16.3. The number of benzene rings is 1. The summed E-state index contributed by atoms with van der Waals surface area (Å²) in [6.45, 7) is 4.29. The molecule has 1 aromatic carbocycles. The van der Waals surface area contributed by atoms with Crippen LogP contribution in [-0.2, 0) is 4.79 Å². The maximum atomic E-state index is 12.3. The monoisotopic (exact) mass is 282 g/mol. The fourth-order valence-corrected chi connectivity index (χ4v) is 5.24. The normalized spacial score (nSPS) is 37.0. The van der Waals surface area contributed by atoms with E-state index in [1.165, 1.54) is 16.7 Å². The highest BCUT2D eigenvalue weighted by molar-refractivity contribution is 5.87. The number of Topliss-reactive ketones (excluding diaryl/α,β-unsaturated/α-hetero) is 1. The lowest BCUT2D eigenvalue weighted by molar-refractivity contribution is -0.128. The third-order valence-electron chi connectivity index (χ3n) is 6.31. The van der Waals surface area contributed by atoms with Gasteiger partial charge in [-0.05, 0) is 72.8 Å². The van der Waals surface area contributed by atoms with E-state index in [1.54, 1.807) is 0 Å². The average molecular weight is 282 g/mol. The van der Waals surface area contributed by atoms with E-state index in [0.29, 0.717) is 29.3 Å². The summed E-state index contributed by atoms with van der Waals surface area (Å²) in [5, 5.41) is 9.81. The van der Waals surface area contributed by atoms with Crippen molar-refractivity contribution in [2.75, 3.05) is 0 Å². The van der Waals surface area contributed by atoms with Crippen molar-refractivity contribution in [2.24, 2.45) is 17.3 Å². The summed E-state index contributed by atoms with van der Waals surface area (Å²) in [7, 11) is 0. The van der Waals surface area contributed by atoms with Gasteiger partial charge in [0, 0.05) is 11.8 Å². The molecule has 0 spiro atoms. The van der Waals surface area contributed by atoms with Crippen molar-refractivity contribution in [3.05, 3.63) is 34.9 Å². The minimum Gasteiger partial charge on any atom is -0.508 e. The summed E-state index contributed by atoms with van der Waals surface area (Å²) in [5.41, 5.74) is 3.68. The topological polar surface area (TPSA) is 37.3 Å². The molecule has 0 bridgehead atoms. The third-order valence-corrected chi connectivity index (χ3v) is 6.31. The number of phenolic OH excluding ortho intramolecular Hbond substituents is 1. The Bertz CT molecular complexity index is 658. The van der Waals surface area contributed by atoms with Crippen LogP contribution in [0.25, 0.3) is 6.08 Å². The SMILES string of the molecule is Cc1cc(O)cc2c1[C@H]1CC[C@]3(C)C(=O)CC[C@@H]3[C@@H]1C=C2. The molecule has 0 aliphatic heterocycles. The first kappa shape index (κ1) is 13.1. The molecule has 110 valence electrons. The predicted molar refractivity (Wildman–Crippen MR) is 83.2 cm³/mol. The van der Waals surface area contributed by atoms with Crippen LogP contribution >= 0.6 is 0 Å². The number of rotatable bonds is 0. The summed E-state index contributed by atoms with van der Waals surface area (Å²) in [5.74, 6) is 2.35. The number of aryl methyl sites for hydroxylation is 1. The lowest BCUT2D eigenvalue weighted by Crippen LogP contribution is -2.41. The van der Waals surface area contributed by atoms with Gasteiger partial charge in [-0.2, -0.15) is 0 Å². The number of carbonyl (C=O) groups excluding carboxylic acids is 1. The zero-order chi connectivity index (χ0) is 14.8. The number of hydrogen-bond acceptors (Lipinski definition) is 2. The van der Waals surface area contributed by atoms with Crippen molar-refractivity contribution in [3.63, 3.8) is 0 Å². The van der Waals surface area contributed by atoms with Gasteiger partial charge in [-0.25, -0.2) is 0 Å². The van der Waals surface area contributed by atoms with Gasteiger partial charge in [0.15, 0.2) is 0 Å². The van der Waals surface area contributed by atoms with E-state index in [-0.39, 0.29) is 5.41 Å². The summed E-state index contributed by atoms with van der Waals surface area (Å²) < 4.78 is 0. The maximum absolute atomic E-state index is 12.3. The van der Waals surface area contributed by atoms with Crippen molar-refractivity contribution in [1.29, 1.82) is 0 Å². The first-order valence-corrected chi connectivity index (χ1v) is 8.06. The van der Waals surface area contributed by atoms with E-state index in [9.17, 15) is 9.90 Å². The van der Waals surface area contributed by atoms with Crippen molar-refractivity contribution in [3.8, 4) is 5.75 Å². The van der Waals surface area contributed by atoms with E-state index in [2.05, 4.69) is 26.0 Å². The second-order valence-corrected chi connectivity index (χ2v) is 7.33. The molecule has 0 aromatic heterocycles. The molecule has 2 nitrogen and oxygen atoms in total. The molecular weight excluding hydrogens is 260 g/mol. The van der Waals surface area contributed by atoms with Crippen LogP contribution in [0.3, 0.4) is 0 Å². The maximum Gasteiger partial charge on any atom is 0.139 e. The van der Waals surface area contributed by atoms with Crippen LogP contribution in [0.2, 0.25) is 0 Å². The molecule has 2 saturated carbocycles. The average Bonchev–Trinajstić information content (AvgIpc) is 2.74. The smallest absolute Gasteiger partial charge is 0.139 e. The van der Waals surface area contributed by atoms with Gasteiger partial charge in [-0.15, -0.1) is 0 Å². The highest BCUT2D eigenvalue weighted by Crippen LogP contribution is 2.59. The van der Waals surface area contributed by atoms with Gasteiger partial charge in [0.05, 0.1) is 0 Å². The van der Waals surface area contributed by atoms with E-state index in [4.69, 9.17) is 0 Å². The Labute approximate surface area is 125 Å². The minimum absolute atomic E-state index is 0.0895. The second kappa shape index (κ2) is 4.22. The van der Waals surface area contributed by atoms with Crippen LogP contribution in [-0.4, -0.2) is 10.9 Å². The van der Waals surface area contributed by atoms with E-state index in [0.717, 1.165) is 25.7 Å².